The van der Waals surface area contributed by atoms with Crippen LogP contribution in [0.4, 0.5) is 5.69 Å². The Kier molecular flexibility index (Phi) is 5.65. The molecule has 1 aromatic heterocycles. The maximum absolute atomic E-state index is 12.7. The Morgan fingerprint density at radius 1 is 1.13 bits per heavy atom. The summed E-state index contributed by atoms with van der Waals surface area (Å²) in [5, 5.41) is 0.712. The minimum absolute atomic E-state index is 0.0819. The molecule has 9 heteroatoms. The Morgan fingerprint density at radius 3 is 2.67 bits per heavy atom. The minimum atomic E-state index is -4.13. The van der Waals surface area contributed by atoms with E-state index in [2.05, 4.69) is 9.62 Å². The van der Waals surface area contributed by atoms with Crippen LogP contribution in [0.5, 0.6) is 5.75 Å². The van der Waals surface area contributed by atoms with Crippen molar-refractivity contribution >= 4 is 32.6 Å². The SMILES string of the molecule is CCOc1ccccc1S(=O)(=O)NC(=O)c1cc2ccc(N3CCOCC3)cc2o1. The molecule has 0 unspecified atom stereocenters. The lowest BCUT2D eigenvalue weighted by molar-refractivity contribution is 0.0956. The Labute approximate surface area is 174 Å². The molecular formula is C21H22N2O6S. The number of anilines is 1. The first-order valence-electron chi connectivity index (χ1n) is 9.63. The first-order chi connectivity index (χ1) is 14.5. The van der Waals surface area contributed by atoms with Crippen molar-refractivity contribution in [3.63, 3.8) is 0 Å². The highest BCUT2D eigenvalue weighted by Crippen LogP contribution is 2.27. The number of para-hydroxylation sites is 1. The van der Waals surface area contributed by atoms with Crippen LogP contribution in [0.25, 0.3) is 11.0 Å². The van der Waals surface area contributed by atoms with Crippen LogP contribution < -0.4 is 14.4 Å². The Hall–Kier alpha value is -3.04. The molecule has 1 saturated heterocycles. The third-order valence-electron chi connectivity index (χ3n) is 4.77. The van der Waals surface area contributed by atoms with Crippen LogP contribution in [-0.4, -0.2) is 47.2 Å². The van der Waals surface area contributed by atoms with Gasteiger partial charge in [-0.15, -0.1) is 0 Å². The summed E-state index contributed by atoms with van der Waals surface area (Å²) in [4.78, 5) is 14.7. The Morgan fingerprint density at radius 2 is 1.90 bits per heavy atom. The van der Waals surface area contributed by atoms with Gasteiger partial charge in [-0.1, -0.05) is 12.1 Å². The average Bonchev–Trinajstić information content (AvgIpc) is 3.18. The number of hydrogen-bond donors (Lipinski definition) is 1. The summed E-state index contributed by atoms with van der Waals surface area (Å²) in [6.07, 6.45) is 0. The van der Waals surface area contributed by atoms with E-state index in [9.17, 15) is 13.2 Å². The molecule has 0 saturated carbocycles. The van der Waals surface area contributed by atoms with Gasteiger partial charge in [0.05, 0.1) is 19.8 Å². The number of ether oxygens (including phenoxy) is 2. The van der Waals surface area contributed by atoms with Gasteiger partial charge < -0.3 is 18.8 Å². The van der Waals surface area contributed by atoms with Crippen molar-refractivity contribution < 1.29 is 27.1 Å². The number of nitrogens with zero attached hydrogens (tertiary/aromatic N) is 1. The number of hydrogen-bond acceptors (Lipinski definition) is 7. The van der Waals surface area contributed by atoms with Crippen LogP contribution in [0.1, 0.15) is 17.5 Å². The summed E-state index contributed by atoms with van der Waals surface area (Å²) >= 11 is 0. The number of rotatable bonds is 6. The van der Waals surface area contributed by atoms with E-state index < -0.39 is 15.9 Å². The zero-order valence-electron chi connectivity index (χ0n) is 16.5. The van der Waals surface area contributed by atoms with E-state index in [0.29, 0.717) is 30.8 Å². The molecule has 1 aliphatic heterocycles. The molecule has 4 rings (SSSR count). The Balaban J connectivity index is 1.57. The molecule has 2 aromatic carbocycles. The second-order valence-electron chi connectivity index (χ2n) is 6.75. The highest BCUT2D eigenvalue weighted by Gasteiger charge is 2.24. The lowest BCUT2D eigenvalue weighted by Crippen LogP contribution is -2.36. The minimum Gasteiger partial charge on any atom is -0.492 e. The van der Waals surface area contributed by atoms with Gasteiger partial charge in [0.25, 0.3) is 10.0 Å². The monoisotopic (exact) mass is 430 g/mol. The average molecular weight is 430 g/mol. The summed E-state index contributed by atoms with van der Waals surface area (Å²) in [5.74, 6) is -0.743. The molecule has 2 heterocycles. The fraction of sp³-hybridized carbons (Fsp3) is 0.286. The van der Waals surface area contributed by atoms with E-state index in [4.69, 9.17) is 13.9 Å². The molecule has 30 heavy (non-hydrogen) atoms. The number of furan rings is 1. The maximum Gasteiger partial charge on any atom is 0.300 e. The van der Waals surface area contributed by atoms with E-state index >= 15 is 0 Å². The molecule has 0 spiro atoms. The molecule has 0 radical (unpaired) electrons. The topological polar surface area (TPSA) is 98.1 Å². The maximum atomic E-state index is 12.7. The predicted molar refractivity (Wildman–Crippen MR) is 112 cm³/mol. The molecule has 1 fully saturated rings. The summed E-state index contributed by atoms with van der Waals surface area (Å²) in [5.41, 5.74) is 1.47. The molecule has 1 N–H and O–H groups in total. The van der Waals surface area contributed by atoms with E-state index in [0.717, 1.165) is 18.8 Å². The largest absolute Gasteiger partial charge is 0.492 e. The van der Waals surface area contributed by atoms with E-state index in [-0.39, 0.29) is 16.4 Å². The Bertz CT molecular complexity index is 1170. The summed E-state index contributed by atoms with van der Waals surface area (Å²) in [6, 6.07) is 13.3. The molecule has 0 aliphatic carbocycles. The molecule has 8 nitrogen and oxygen atoms in total. The number of nitrogens with one attached hydrogen (secondary N) is 1. The molecule has 1 aliphatic rings. The normalized spacial score (nSPS) is 14.6. The fourth-order valence-electron chi connectivity index (χ4n) is 3.32. The molecule has 3 aromatic rings. The number of sulfonamides is 1. The summed E-state index contributed by atoms with van der Waals surface area (Å²) in [6.45, 7) is 4.92. The van der Waals surface area contributed by atoms with Crippen molar-refractivity contribution in [3.8, 4) is 5.75 Å². The van der Waals surface area contributed by atoms with Gasteiger partial charge in [0.15, 0.2) is 5.76 Å². The van der Waals surface area contributed by atoms with Crippen LogP contribution in [0, 0.1) is 0 Å². The molecule has 1 amide bonds. The fourth-order valence-corrected chi connectivity index (χ4v) is 4.43. The summed E-state index contributed by atoms with van der Waals surface area (Å²) < 4.78 is 43.9. The third-order valence-corrected chi connectivity index (χ3v) is 6.14. The predicted octanol–water partition coefficient (Wildman–Crippen LogP) is 2.79. The number of carbonyl (C=O) groups excluding carboxylic acids is 1. The van der Waals surface area contributed by atoms with Gasteiger partial charge in [-0.05, 0) is 37.3 Å². The molecular weight excluding hydrogens is 408 g/mol. The van der Waals surface area contributed by atoms with Gasteiger partial charge in [-0.25, -0.2) is 13.1 Å². The van der Waals surface area contributed by atoms with Crippen LogP contribution in [0.2, 0.25) is 0 Å². The van der Waals surface area contributed by atoms with E-state index in [1.807, 2.05) is 18.2 Å². The van der Waals surface area contributed by atoms with Gasteiger partial charge in [0, 0.05) is 30.2 Å². The van der Waals surface area contributed by atoms with E-state index in [1.54, 1.807) is 19.1 Å². The standard InChI is InChI=1S/C21H22N2O6S/c1-2-28-17-5-3-4-6-20(17)30(25,26)22-21(24)19-13-15-7-8-16(14-18(15)29-19)23-9-11-27-12-10-23/h3-8,13-14H,2,9-12H2,1H3,(H,22,24). The summed E-state index contributed by atoms with van der Waals surface area (Å²) in [7, 11) is -4.13. The number of benzene rings is 2. The van der Waals surface area contributed by atoms with Gasteiger partial charge in [0.1, 0.15) is 16.2 Å². The van der Waals surface area contributed by atoms with Crippen LogP contribution in [-0.2, 0) is 14.8 Å². The highest BCUT2D eigenvalue weighted by atomic mass is 32.2. The number of morpholine rings is 1. The van der Waals surface area contributed by atoms with Crippen molar-refractivity contribution in [1.82, 2.24) is 4.72 Å². The smallest absolute Gasteiger partial charge is 0.300 e. The molecule has 158 valence electrons. The number of amides is 1. The van der Waals surface area contributed by atoms with Crippen LogP contribution in [0.3, 0.4) is 0 Å². The lowest BCUT2D eigenvalue weighted by atomic mass is 10.2. The van der Waals surface area contributed by atoms with E-state index in [1.165, 1.54) is 18.2 Å². The highest BCUT2D eigenvalue weighted by molar-refractivity contribution is 7.90. The zero-order valence-corrected chi connectivity index (χ0v) is 17.3. The van der Waals surface area contributed by atoms with Crippen LogP contribution in [0.15, 0.2) is 57.8 Å². The van der Waals surface area contributed by atoms with Crippen molar-refractivity contribution in [1.29, 1.82) is 0 Å². The van der Waals surface area contributed by atoms with Crippen molar-refractivity contribution in [2.24, 2.45) is 0 Å². The quantitative estimate of drug-likeness (QED) is 0.642. The first kappa shape index (κ1) is 20.2. The van der Waals surface area contributed by atoms with Gasteiger partial charge >= 0.3 is 5.91 Å². The van der Waals surface area contributed by atoms with Crippen molar-refractivity contribution in [2.45, 2.75) is 11.8 Å². The first-order valence-corrected chi connectivity index (χ1v) is 11.1. The second-order valence-corrected chi connectivity index (χ2v) is 8.40. The van der Waals surface area contributed by atoms with Gasteiger partial charge in [-0.2, -0.15) is 0 Å². The molecule has 0 atom stereocenters. The van der Waals surface area contributed by atoms with Crippen LogP contribution >= 0.6 is 0 Å². The number of fused-ring (bicyclic) bond motifs is 1. The number of carbonyl (C=O) groups is 1. The molecule has 0 bridgehead atoms. The second kappa shape index (κ2) is 8.37. The van der Waals surface area contributed by atoms with Crippen molar-refractivity contribution in [2.75, 3.05) is 37.8 Å². The van der Waals surface area contributed by atoms with Crippen molar-refractivity contribution in [3.05, 3.63) is 54.3 Å². The zero-order chi connectivity index (χ0) is 21.1. The van der Waals surface area contributed by atoms with Gasteiger partial charge in [-0.3, -0.25) is 4.79 Å². The van der Waals surface area contributed by atoms with Gasteiger partial charge in [0.2, 0.25) is 0 Å². The third kappa shape index (κ3) is 4.12. The lowest BCUT2D eigenvalue weighted by Gasteiger charge is -2.28.